The number of nitrogens with zero attached hydrogens (tertiary/aromatic N) is 2. The van der Waals surface area contributed by atoms with Crippen LogP contribution in [0.5, 0.6) is 0 Å². The number of benzene rings is 2. The van der Waals surface area contributed by atoms with Crippen LogP contribution >= 0.6 is 11.6 Å². The summed E-state index contributed by atoms with van der Waals surface area (Å²) in [6.45, 7) is 1.17. The second kappa shape index (κ2) is 10.2. The third kappa shape index (κ3) is 4.87. The molecule has 1 fully saturated rings. The fourth-order valence-corrected chi connectivity index (χ4v) is 5.87. The van der Waals surface area contributed by atoms with Crippen molar-refractivity contribution in [2.45, 2.75) is 37.0 Å². The van der Waals surface area contributed by atoms with Crippen molar-refractivity contribution < 1.29 is 27.5 Å². The van der Waals surface area contributed by atoms with E-state index in [2.05, 4.69) is 0 Å². The maximum Gasteiger partial charge on any atom is 0.339 e. The molecule has 10 heteroatoms. The minimum Gasteiger partial charge on any atom is -0.462 e. The van der Waals surface area contributed by atoms with Crippen LogP contribution in [0.3, 0.4) is 0 Å². The number of ether oxygens (including phenoxy) is 1. The predicted octanol–water partition coefficient (Wildman–Crippen LogP) is 3.75. The Morgan fingerprint density at radius 3 is 2.24 bits per heavy atom. The predicted molar refractivity (Wildman–Crippen MR) is 125 cm³/mol. The summed E-state index contributed by atoms with van der Waals surface area (Å²) in [5, 5.41) is 0.105. The van der Waals surface area contributed by atoms with Gasteiger partial charge in [0.05, 0.1) is 33.2 Å². The van der Waals surface area contributed by atoms with Crippen molar-refractivity contribution in [3.8, 4) is 0 Å². The number of carbonyl (C=O) groups excluding carboxylic acids is 3. The monoisotopic (exact) mass is 504 g/mol. The van der Waals surface area contributed by atoms with Crippen LogP contribution in [0, 0.1) is 0 Å². The molecule has 8 nitrogen and oxygen atoms in total. The maximum absolute atomic E-state index is 12.9. The van der Waals surface area contributed by atoms with E-state index in [1.54, 1.807) is 24.3 Å². The molecule has 0 saturated carbocycles. The van der Waals surface area contributed by atoms with Crippen molar-refractivity contribution in [1.29, 1.82) is 0 Å². The molecule has 1 saturated heterocycles. The number of hydrogen-bond acceptors (Lipinski definition) is 6. The first-order valence-electron chi connectivity index (χ1n) is 11.2. The Morgan fingerprint density at radius 1 is 0.941 bits per heavy atom. The second-order valence-corrected chi connectivity index (χ2v) is 10.6. The standard InChI is InChI=1S/C24H25ClN2O6S/c25-21-11-10-17(34(31,32)26-12-4-1-5-13-26)16-20(21)24(30)33-15-7-6-14-27-22(28)18-8-2-3-9-19(18)23(27)29/h2-3,8-11,16H,1,4-7,12-15H2. The minimum absolute atomic E-state index is 0.0105. The summed E-state index contributed by atoms with van der Waals surface area (Å²) in [4.78, 5) is 38.5. The van der Waals surface area contributed by atoms with Gasteiger partial charge in [0.25, 0.3) is 11.8 Å². The van der Waals surface area contributed by atoms with Crippen molar-refractivity contribution in [3.63, 3.8) is 0 Å². The van der Waals surface area contributed by atoms with Crippen LogP contribution < -0.4 is 0 Å². The van der Waals surface area contributed by atoms with E-state index in [0.717, 1.165) is 19.3 Å². The van der Waals surface area contributed by atoms with Gasteiger partial charge in [-0.05, 0) is 56.0 Å². The van der Waals surface area contributed by atoms with Gasteiger partial charge in [0.1, 0.15) is 0 Å². The highest BCUT2D eigenvalue weighted by Gasteiger charge is 2.34. The van der Waals surface area contributed by atoms with Gasteiger partial charge in [0.15, 0.2) is 0 Å². The fraction of sp³-hybridized carbons (Fsp3) is 0.375. The number of imide groups is 1. The molecule has 0 unspecified atom stereocenters. The largest absolute Gasteiger partial charge is 0.462 e. The molecule has 0 aromatic heterocycles. The summed E-state index contributed by atoms with van der Waals surface area (Å²) in [5.74, 6) is -1.37. The number of fused-ring (bicyclic) bond motifs is 1. The van der Waals surface area contributed by atoms with Crippen LogP contribution in [0.25, 0.3) is 0 Å². The first-order valence-corrected chi connectivity index (χ1v) is 13.0. The number of piperidine rings is 1. The molecule has 2 aliphatic heterocycles. The Bertz CT molecular complexity index is 1190. The van der Waals surface area contributed by atoms with Crippen LogP contribution in [-0.2, 0) is 14.8 Å². The van der Waals surface area contributed by atoms with E-state index in [1.807, 2.05) is 0 Å². The number of unbranched alkanes of at least 4 members (excludes halogenated alkanes) is 1. The van der Waals surface area contributed by atoms with E-state index in [0.29, 0.717) is 37.1 Å². The SMILES string of the molecule is O=C(OCCCCN1C(=O)c2ccccc2C1=O)c1cc(S(=O)(=O)N2CCCCC2)ccc1Cl. The smallest absolute Gasteiger partial charge is 0.339 e. The molecule has 0 aliphatic carbocycles. The number of esters is 1. The highest BCUT2D eigenvalue weighted by molar-refractivity contribution is 7.89. The second-order valence-electron chi connectivity index (χ2n) is 8.26. The summed E-state index contributed by atoms with van der Waals surface area (Å²) >= 11 is 6.14. The highest BCUT2D eigenvalue weighted by Crippen LogP contribution is 2.26. The molecule has 34 heavy (non-hydrogen) atoms. The normalized spacial score (nSPS) is 16.6. The number of carbonyl (C=O) groups is 3. The Labute approximate surface area is 203 Å². The zero-order chi connectivity index (χ0) is 24.3. The molecule has 2 aromatic carbocycles. The van der Waals surface area contributed by atoms with Crippen LogP contribution in [0.15, 0.2) is 47.4 Å². The molecule has 0 spiro atoms. The van der Waals surface area contributed by atoms with Crippen molar-refractivity contribution in [2.24, 2.45) is 0 Å². The first kappa shape index (κ1) is 24.4. The summed E-state index contributed by atoms with van der Waals surface area (Å²) < 4.78 is 32.5. The molecule has 4 rings (SSSR count). The van der Waals surface area contributed by atoms with Gasteiger partial charge in [0, 0.05) is 19.6 Å². The van der Waals surface area contributed by atoms with Crippen LogP contribution in [0.2, 0.25) is 5.02 Å². The van der Waals surface area contributed by atoms with Gasteiger partial charge in [-0.1, -0.05) is 30.2 Å². The molecule has 2 aromatic rings. The zero-order valence-electron chi connectivity index (χ0n) is 18.5. The molecule has 2 heterocycles. The van der Waals surface area contributed by atoms with E-state index >= 15 is 0 Å². The lowest BCUT2D eigenvalue weighted by atomic mass is 10.1. The lowest BCUT2D eigenvalue weighted by molar-refractivity contribution is 0.0485. The summed E-state index contributed by atoms with van der Waals surface area (Å²) in [6, 6.07) is 10.7. The number of hydrogen-bond donors (Lipinski definition) is 0. The van der Waals surface area contributed by atoms with Crippen molar-refractivity contribution in [2.75, 3.05) is 26.2 Å². The Kier molecular flexibility index (Phi) is 7.35. The van der Waals surface area contributed by atoms with Gasteiger partial charge in [0.2, 0.25) is 10.0 Å². The van der Waals surface area contributed by atoms with Gasteiger partial charge in [-0.3, -0.25) is 14.5 Å². The molecule has 0 N–H and O–H groups in total. The van der Waals surface area contributed by atoms with E-state index in [1.165, 1.54) is 27.4 Å². The van der Waals surface area contributed by atoms with Crippen molar-refractivity contribution >= 4 is 39.4 Å². The number of halogens is 1. The van der Waals surface area contributed by atoms with Gasteiger partial charge in [-0.25, -0.2) is 13.2 Å². The summed E-state index contributed by atoms with van der Waals surface area (Å²) in [6.07, 6.45) is 3.49. The Balaban J connectivity index is 1.31. The highest BCUT2D eigenvalue weighted by atomic mass is 35.5. The average molecular weight is 505 g/mol. The van der Waals surface area contributed by atoms with Gasteiger partial charge in [-0.2, -0.15) is 4.31 Å². The van der Waals surface area contributed by atoms with E-state index in [4.69, 9.17) is 16.3 Å². The molecular formula is C24H25ClN2O6S. The van der Waals surface area contributed by atoms with Crippen molar-refractivity contribution in [1.82, 2.24) is 9.21 Å². The third-order valence-electron chi connectivity index (χ3n) is 6.00. The van der Waals surface area contributed by atoms with Gasteiger partial charge in [-0.15, -0.1) is 0 Å². The molecule has 2 amide bonds. The quantitative estimate of drug-likeness (QED) is 0.308. The Morgan fingerprint density at radius 2 is 1.59 bits per heavy atom. The third-order valence-corrected chi connectivity index (χ3v) is 8.22. The minimum atomic E-state index is -3.71. The van der Waals surface area contributed by atoms with Crippen LogP contribution in [0.4, 0.5) is 0 Å². The van der Waals surface area contributed by atoms with E-state index < -0.39 is 16.0 Å². The molecule has 0 radical (unpaired) electrons. The molecule has 0 bridgehead atoms. The maximum atomic E-state index is 12.9. The summed E-state index contributed by atoms with van der Waals surface area (Å²) in [5.41, 5.74) is 0.779. The van der Waals surface area contributed by atoms with E-state index in [-0.39, 0.29) is 40.4 Å². The lowest BCUT2D eigenvalue weighted by Crippen LogP contribution is -2.35. The topological polar surface area (TPSA) is 101 Å². The number of amides is 2. The number of rotatable bonds is 8. The summed E-state index contributed by atoms with van der Waals surface area (Å²) in [7, 11) is -3.71. The van der Waals surface area contributed by atoms with Gasteiger partial charge >= 0.3 is 5.97 Å². The Hall–Kier alpha value is -2.75. The number of sulfonamides is 1. The van der Waals surface area contributed by atoms with Gasteiger partial charge < -0.3 is 4.74 Å². The molecule has 180 valence electrons. The fourth-order valence-electron chi connectivity index (χ4n) is 4.13. The average Bonchev–Trinajstić information content (AvgIpc) is 3.09. The van der Waals surface area contributed by atoms with E-state index in [9.17, 15) is 22.8 Å². The van der Waals surface area contributed by atoms with Crippen molar-refractivity contribution in [3.05, 3.63) is 64.2 Å². The lowest BCUT2D eigenvalue weighted by Gasteiger charge is -2.26. The molecule has 2 aliphatic rings. The molecular weight excluding hydrogens is 480 g/mol. The molecule has 0 atom stereocenters. The first-order chi connectivity index (χ1) is 16.3. The van der Waals surface area contributed by atoms with Crippen LogP contribution in [0.1, 0.15) is 63.2 Å². The van der Waals surface area contributed by atoms with Crippen LogP contribution in [-0.4, -0.2) is 61.6 Å². The zero-order valence-corrected chi connectivity index (χ0v) is 20.1.